The summed E-state index contributed by atoms with van der Waals surface area (Å²) >= 11 is 7.33. The molecule has 0 saturated carbocycles. The van der Waals surface area contributed by atoms with Crippen LogP contribution in [0.5, 0.6) is 5.75 Å². The zero-order valence-corrected chi connectivity index (χ0v) is 19.2. The lowest BCUT2D eigenvalue weighted by atomic mass is 10.2. The molecule has 0 aliphatic carbocycles. The largest absolute Gasteiger partial charge is 0.491 e. The Kier molecular flexibility index (Phi) is 11.8. The van der Waals surface area contributed by atoms with Crippen molar-refractivity contribution in [1.29, 1.82) is 0 Å². The van der Waals surface area contributed by atoms with E-state index in [-0.39, 0.29) is 0 Å². The molecular weight excluding hydrogens is 420 g/mol. The highest BCUT2D eigenvalue weighted by atomic mass is 32.3. The van der Waals surface area contributed by atoms with Crippen molar-refractivity contribution < 1.29 is 18.9 Å². The van der Waals surface area contributed by atoms with Crippen LogP contribution in [0.2, 0.25) is 0 Å². The minimum Gasteiger partial charge on any atom is -0.491 e. The fraction of sp³-hybridized carbons (Fsp3) is 0.474. The van der Waals surface area contributed by atoms with E-state index in [1.54, 1.807) is 7.11 Å². The maximum atomic E-state index is 5.71. The fourth-order valence-electron chi connectivity index (χ4n) is 2.07. The minimum atomic E-state index is 0.530. The quantitative estimate of drug-likeness (QED) is 0.374. The van der Waals surface area contributed by atoms with E-state index in [1.165, 1.54) is 18.3 Å². The molecule has 0 atom stereocenters. The normalized spacial score (nSPS) is 14.1. The van der Waals surface area contributed by atoms with E-state index >= 15 is 0 Å². The maximum absolute atomic E-state index is 5.71. The van der Waals surface area contributed by atoms with Gasteiger partial charge in [-0.05, 0) is 36.3 Å². The summed E-state index contributed by atoms with van der Waals surface area (Å²) in [5, 5.41) is 0. The zero-order valence-electron chi connectivity index (χ0n) is 15.9. The average molecular weight is 447 g/mol. The second-order valence-electron chi connectivity index (χ2n) is 5.29. The predicted molar refractivity (Wildman–Crippen MR) is 123 cm³/mol. The molecule has 1 aromatic rings. The van der Waals surface area contributed by atoms with Gasteiger partial charge in [0, 0.05) is 7.11 Å². The van der Waals surface area contributed by atoms with E-state index in [0.717, 1.165) is 5.75 Å². The molecule has 1 aliphatic heterocycles. The summed E-state index contributed by atoms with van der Waals surface area (Å²) in [7, 11) is 1.66. The third kappa shape index (κ3) is 8.77. The van der Waals surface area contributed by atoms with E-state index < -0.39 is 0 Å². The van der Waals surface area contributed by atoms with Crippen LogP contribution in [0.25, 0.3) is 6.08 Å². The highest BCUT2D eigenvalue weighted by molar-refractivity contribution is 8.40. The summed E-state index contributed by atoms with van der Waals surface area (Å²) in [6.45, 7) is 3.44. The Hall–Kier alpha value is -0.220. The second kappa shape index (κ2) is 13.9. The molecule has 0 unspecified atom stereocenters. The van der Waals surface area contributed by atoms with Gasteiger partial charge in [-0.2, -0.15) is 0 Å². The Morgan fingerprint density at radius 2 is 1.37 bits per heavy atom. The van der Waals surface area contributed by atoms with Gasteiger partial charge in [0.1, 0.15) is 12.4 Å². The smallest absolute Gasteiger partial charge is 0.119 e. The summed E-state index contributed by atoms with van der Waals surface area (Å²) in [4.78, 5) is 0. The summed E-state index contributed by atoms with van der Waals surface area (Å²) in [5.41, 5.74) is 1.18. The fourth-order valence-corrected chi connectivity index (χ4v) is 7.02. The van der Waals surface area contributed by atoms with Crippen LogP contribution >= 0.6 is 47.0 Å². The Labute approximate surface area is 179 Å². The molecule has 8 heteroatoms. The van der Waals surface area contributed by atoms with Gasteiger partial charge in [-0.3, -0.25) is 0 Å². The minimum absolute atomic E-state index is 0.530. The highest BCUT2D eigenvalue weighted by Crippen LogP contribution is 2.56. The van der Waals surface area contributed by atoms with Crippen LogP contribution < -0.4 is 4.74 Å². The monoisotopic (exact) mass is 446 g/mol. The molecule has 0 radical (unpaired) electrons. The van der Waals surface area contributed by atoms with Gasteiger partial charge in [0.15, 0.2) is 0 Å². The number of hydrogen-bond acceptors (Lipinski definition) is 8. The standard InChI is InChI=1S/C19H26O4S4/c1-20-8-9-21-10-11-22-12-13-23-16-6-4-15(5-7-16)14-17-26-18(24-2)19(25-3)27-17/h4-7,14H,8-13H2,1-3H3. The molecule has 0 amide bonds. The molecule has 0 saturated heterocycles. The molecule has 1 heterocycles. The van der Waals surface area contributed by atoms with Crippen molar-refractivity contribution >= 4 is 53.1 Å². The van der Waals surface area contributed by atoms with Crippen molar-refractivity contribution in [2.24, 2.45) is 0 Å². The molecule has 2 rings (SSSR count). The predicted octanol–water partition coefficient (Wildman–Crippen LogP) is 5.38. The lowest BCUT2D eigenvalue weighted by Crippen LogP contribution is -2.12. The van der Waals surface area contributed by atoms with Crippen molar-refractivity contribution in [1.82, 2.24) is 0 Å². The zero-order chi connectivity index (χ0) is 19.3. The first-order valence-electron chi connectivity index (χ1n) is 8.53. The highest BCUT2D eigenvalue weighted by Gasteiger charge is 2.19. The number of ether oxygens (including phenoxy) is 4. The summed E-state index contributed by atoms with van der Waals surface area (Å²) in [6, 6.07) is 8.18. The van der Waals surface area contributed by atoms with E-state index in [2.05, 4.69) is 30.7 Å². The van der Waals surface area contributed by atoms with Gasteiger partial charge < -0.3 is 18.9 Å². The van der Waals surface area contributed by atoms with Crippen molar-refractivity contribution in [2.45, 2.75) is 0 Å². The van der Waals surface area contributed by atoms with Crippen LogP contribution in [0.4, 0.5) is 0 Å². The lowest BCUT2D eigenvalue weighted by Gasteiger charge is -2.08. The maximum Gasteiger partial charge on any atom is 0.119 e. The first kappa shape index (κ1) is 23.1. The summed E-state index contributed by atoms with van der Waals surface area (Å²) < 4.78 is 25.5. The summed E-state index contributed by atoms with van der Waals surface area (Å²) in [6.07, 6.45) is 6.49. The van der Waals surface area contributed by atoms with Crippen LogP contribution in [-0.2, 0) is 14.2 Å². The molecule has 1 aromatic carbocycles. The van der Waals surface area contributed by atoms with Crippen molar-refractivity contribution in [3.63, 3.8) is 0 Å². The summed E-state index contributed by atoms with van der Waals surface area (Å²) in [5.74, 6) is 0.858. The first-order valence-corrected chi connectivity index (χ1v) is 12.6. The molecule has 0 bridgehead atoms. The molecule has 4 nitrogen and oxygen atoms in total. The van der Waals surface area contributed by atoms with E-state index in [4.69, 9.17) is 18.9 Å². The van der Waals surface area contributed by atoms with Crippen LogP contribution in [0, 0.1) is 0 Å². The first-order chi connectivity index (χ1) is 13.3. The van der Waals surface area contributed by atoms with E-state index in [9.17, 15) is 0 Å². The van der Waals surface area contributed by atoms with Crippen molar-refractivity contribution in [3.8, 4) is 5.75 Å². The SMILES string of the molecule is COCCOCCOCCOc1ccc(C=C2SC(SC)=C(SC)S2)cc1. The Bertz CT molecular complexity index is 599. The number of benzene rings is 1. The van der Waals surface area contributed by atoms with Crippen LogP contribution in [0.3, 0.4) is 0 Å². The molecule has 0 spiro atoms. The number of methoxy groups -OCH3 is 1. The molecule has 0 aromatic heterocycles. The van der Waals surface area contributed by atoms with Gasteiger partial charge >= 0.3 is 0 Å². The van der Waals surface area contributed by atoms with Gasteiger partial charge in [-0.1, -0.05) is 35.7 Å². The third-order valence-corrected chi connectivity index (χ3v) is 8.47. The Morgan fingerprint density at radius 3 is 1.93 bits per heavy atom. The molecule has 150 valence electrons. The van der Waals surface area contributed by atoms with E-state index in [1.807, 2.05) is 59.2 Å². The molecular formula is C19H26O4S4. The Balaban J connectivity index is 1.65. The molecule has 27 heavy (non-hydrogen) atoms. The number of rotatable bonds is 13. The van der Waals surface area contributed by atoms with Crippen LogP contribution in [0.1, 0.15) is 5.56 Å². The van der Waals surface area contributed by atoms with Gasteiger partial charge in [-0.25, -0.2) is 0 Å². The third-order valence-electron chi connectivity index (χ3n) is 3.39. The average Bonchev–Trinajstić information content (AvgIpc) is 3.10. The van der Waals surface area contributed by atoms with Crippen molar-refractivity contribution in [2.75, 3.05) is 59.3 Å². The second-order valence-corrected chi connectivity index (χ2v) is 9.80. The molecule has 0 N–H and O–H groups in total. The number of hydrogen-bond donors (Lipinski definition) is 0. The number of thioether (sulfide) groups is 4. The lowest BCUT2D eigenvalue weighted by molar-refractivity contribution is 0.0180. The van der Waals surface area contributed by atoms with E-state index in [0.29, 0.717) is 39.6 Å². The van der Waals surface area contributed by atoms with Crippen molar-refractivity contribution in [3.05, 3.63) is 42.5 Å². The molecule has 0 fully saturated rings. The van der Waals surface area contributed by atoms with Gasteiger partial charge in [0.2, 0.25) is 0 Å². The topological polar surface area (TPSA) is 36.9 Å². The molecule has 1 aliphatic rings. The van der Waals surface area contributed by atoms with Gasteiger partial charge in [0.25, 0.3) is 0 Å². The van der Waals surface area contributed by atoms with Crippen LogP contribution in [0.15, 0.2) is 37.0 Å². The van der Waals surface area contributed by atoms with Crippen LogP contribution in [-0.4, -0.2) is 59.3 Å². The van der Waals surface area contributed by atoms with Gasteiger partial charge in [-0.15, -0.1) is 23.5 Å². The van der Waals surface area contributed by atoms with Gasteiger partial charge in [0.05, 0.1) is 45.7 Å². The Morgan fingerprint density at radius 1 is 0.815 bits per heavy atom.